The molecule has 0 spiro atoms. The highest BCUT2D eigenvalue weighted by molar-refractivity contribution is 6.43. The van der Waals surface area contributed by atoms with Gasteiger partial charge in [-0.05, 0) is 57.7 Å². The van der Waals surface area contributed by atoms with E-state index in [0.29, 0.717) is 16.0 Å². The predicted molar refractivity (Wildman–Crippen MR) is 111 cm³/mol. The molecular weight excluding hydrogens is 385 g/mol. The molecule has 1 aromatic carbocycles. The molecule has 2 aliphatic rings. The van der Waals surface area contributed by atoms with Crippen molar-refractivity contribution in [2.75, 3.05) is 37.6 Å². The number of piperazine rings is 1. The second-order valence-corrected chi connectivity index (χ2v) is 9.04. The van der Waals surface area contributed by atoms with E-state index < -0.39 is 5.60 Å². The number of carbonyl (C=O) groups is 1. The third kappa shape index (κ3) is 5.29. The van der Waals surface area contributed by atoms with Crippen LogP contribution in [0.4, 0.5) is 5.69 Å². The Labute approximate surface area is 171 Å². The minimum Gasteiger partial charge on any atom is -0.381 e. The molecule has 1 saturated carbocycles. The van der Waals surface area contributed by atoms with Crippen LogP contribution < -0.4 is 10.2 Å². The number of rotatable bonds is 6. The predicted octanol–water partition coefficient (Wildman–Crippen LogP) is 3.17. The van der Waals surface area contributed by atoms with Crippen molar-refractivity contribution in [3.63, 3.8) is 0 Å². The van der Waals surface area contributed by atoms with Gasteiger partial charge in [-0.2, -0.15) is 0 Å². The molecule has 2 N–H and O–H groups in total. The zero-order valence-corrected chi connectivity index (χ0v) is 17.6. The van der Waals surface area contributed by atoms with Crippen molar-refractivity contribution in [3.8, 4) is 0 Å². The van der Waals surface area contributed by atoms with E-state index >= 15 is 0 Å². The summed E-state index contributed by atoms with van der Waals surface area (Å²) in [6, 6.07) is 6.01. The summed E-state index contributed by atoms with van der Waals surface area (Å²) in [6.45, 7) is 8.09. The first kappa shape index (κ1) is 20.7. The maximum atomic E-state index is 11.8. The Hall–Kier alpha value is -1.01. The number of aliphatic hydroxyl groups is 1. The first-order valence-electron chi connectivity index (χ1n) is 9.68. The van der Waals surface area contributed by atoms with Crippen LogP contribution in [0.5, 0.6) is 0 Å². The number of nitrogens with zero attached hydrogens (tertiary/aromatic N) is 2. The quantitative estimate of drug-likeness (QED) is 0.751. The summed E-state index contributed by atoms with van der Waals surface area (Å²) in [6.07, 6.45) is 3.19. The van der Waals surface area contributed by atoms with E-state index in [1.54, 1.807) is 0 Å². The molecule has 1 saturated heterocycles. The van der Waals surface area contributed by atoms with Gasteiger partial charge in [-0.1, -0.05) is 29.3 Å². The Balaban J connectivity index is 1.35. The van der Waals surface area contributed by atoms with Crippen LogP contribution in [-0.4, -0.2) is 60.3 Å². The van der Waals surface area contributed by atoms with E-state index in [2.05, 4.69) is 15.1 Å². The fourth-order valence-corrected chi connectivity index (χ4v) is 4.18. The van der Waals surface area contributed by atoms with Gasteiger partial charge >= 0.3 is 0 Å². The van der Waals surface area contributed by atoms with E-state index in [1.807, 2.05) is 18.2 Å². The van der Waals surface area contributed by atoms with E-state index in [4.69, 9.17) is 23.2 Å². The summed E-state index contributed by atoms with van der Waals surface area (Å²) < 4.78 is 0. The Morgan fingerprint density at radius 2 is 1.89 bits per heavy atom. The molecule has 1 aromatic rings. The lowest BCUT2D eigenvalue weighted by atomic mass is 9.78. The summed E-state index contributed by atoms with van der Waals surface area (Å²) in [5, 5.41) is 13.9. The summed E-state index contributed by atoms with van der Waals surface area (Å²) in [5.74, 6) is 0.388. The minimum atomic E-state index is -1.30. The van der Waals surface area contributed by atoms with Crippen LogP contribution in [0, 0.1) is 5.92 Å². The molecule has 5 nitrogen and oxygen atoms in total. The van der Waals surface area contributed by atoms with E-state index in [0.717, 1.165) is 57.7 Å². The number of amides is 1. The highest BCUT2D eigenvalue weighted by atomic mass is 35.5. The van der Waals surface area contributed by atoms with Gasteiger partial charge in [-0.25, -0.2) is 0 Å². The van der Waals surface area contributed by atoms with Crippen molar-refractivity contribution >= 4 is 34.8 Å². The monoisotopic (exact) mass is 413 g/mol. The number of anilines is 1. The molecule has 1 amide bonds. The Morgan fingerprint density at radius 3 is 2.52 bits per heavy atom. The molecule has 2 fully saturated rings. The molecule has 1 aliphatic carbocycles. The number of halogens is 2. The van der Waals surface area contributed by atoms with Crippen molar-refractivity contribution < 1.29 is 9.90 Å². The van der Waals surface area contributed by atoms with Crippen LogP contribution >= 0.6 is 23.2 Å². The molecule has 0 atom stereocenters. The average Bonchev–Trinajstić information content (AvgIpc) is 2.58. The van der Waals surface area contributed by atoms with Gasteiger partial charge < -0.3 is 15.3 Å². The van der Waals surface area contributed by atoms with Crippen LogP contribution in [0.2, 0.25) is 10.0 Å². The molecule has 0 radical (unpaired) electrons. The fraction of sp³-hybridized carbons (Fsp3) is 0.650. The van der Waals surface area contributed by atoms with E-state index in [-0.39, 0.29) is 11.9 Å². The van der Waals surface area contributed by atoms with Gasteiger partial charge in [-0.3, -0.25) is 9.69 Å². The first-order chi connectivity index (χ1) is 12.7. The Kier molecular flexibility index (Phi) is 6.57. The van der Waals surface area contributed by atoms with Gasteiger partial charge in [0.1, 0.15) is 5.60 Å². The smallest absolute Gasteiger partial charge is 0.251 e. The number of carbonyl (C=O) groups excluding carboxylic acids is 1. The van der Waals surface area contributed by atoms with Crippen molar-refractivity contribution in [2.45, 2.75) is 44.8 Å². The van der Waals surface area contributed by atoms with Crippen molar-refractivity contribution in [1.29, 1.82) is 0 Å². The van der Waals surface area contributed by atoms with Crippen LogP contribution in [-0.2, 0) is 4.79 Å². The molecule has 27 heavy (non-hydrogen) atoms. The van der Waals surface area contributed by atoms with E-state index in [9.17, 15) is 9.90 Å². The lowest BCUT2D eigenvalue weighted by Gasteiger charge is -2.40. The van der Waals surface area contributed by atoms with Gasteiger partial charge in [-0.15, -0.1) is 0 Å². The first-order valence-corrected chi connectivity index (χ1v) is 10.4. The van der Waals surface area contributed by atoms with Gasteiger partial charge in [0.15, 0.2) is 0 Å². The normalized spacial score (nSPS) is 23.8. The van der Waals surface area contributed by atoms with Crippen LogP contribution in [0.25, 0.3) is 0 Å². The summed E-state index contributed by atoms with van der Waals surface area (Å²) in [7, 11) is 0. The molecule has 0 unspecified atom stereocenters. The highest BCUT2D eigenvalue weighted by Gasteiger charge is 2.34. The maximum Gasteiger partial charge on any atom is 0.251 e. The van der Waals surface area contributed by atoms with E-state index in [1.165, 1.54) is 13.8 Å². The molecule has 1 heterocycles. The van der Waals surface area contributed by atoms with Gasteiger partial charge in [0.25, 0.3) is 5.91 Å². The molecule has 7 heteroatoms. The molecule has 0 aromatic heterocycles. The summed E-state index contributed by atoms with van der Waals surface area (Å²) >= 11 is 12.5. The lowest BCUT2D eigenvalue weighted by molar-refractivity contribution is -0.138. The SMILES string of the molecule is CC(C)(O)C(=O)NC1CC(CCN2CCN(c3cccc(Cl)c3Cl)CC2)C1. The molecule has 3 rings (SSSR count). The van der Waals surface area contributed by atoms with Crippen LogP contribution in [0.1, 0.15) is 33.1 Å². The molecule has 1 aliphatic heterocycles. The Morgan fingerprint density at radius 1 is 1.22 bits per heavy atom. The van der Waals surface area contributed by atoms with Gasteiger partial charge in [0.05, 0.1) is 15.7 Å². The zero-order valence-electron chi connectivity index (χ0n) is 16.0. The summed E-state index contributed by atoms with van der Waals surface area (Å²) in [4.78, 5) is 16.6. The minimum absolute atomic E-state index is 0.218. The topological polar surface area (TPSA) is 55.8 Å². The maximum absolute atomic E-state index is 11.8. The fourth-order valence-electron chi connectivity index (χ4n) is 3.77. The van der Waals surface area contributed by atoms with Gasteiger partial charge in [0, 0.05) is 32.2 Å². The highest BCUT2D eigenvalue weighted by Crippen LogP contribution is 2.33. The number of benzene rings is 1. The molecule has 0 bridgehead atoms. The number of hydrogen-bond acceptors (Lipinski definition) is 4. The third-order valence-electron chi connectivity index (χ3n) is 5.62. The zero-order chi connectivity index (χ0) is 19.6. The molecule has 150 valence electrons. The molecular formula is C20H29Cl2N3O2. The Bertz CT molecular complexity index is 664. The van der Waals surface area contributed by atoms with Crippen molar-refractivity contribution in [1.82, 2.24) is 10.2 Å². The lowest BCUT2D eigenvalue weighted by Crippen LogP contribution is -2.52. The average molecular weight is 414 g/mol. The number of hydrogen-bond donors (Lipinski definition) is 2. The second kappa shape index (κ2) is 8.56. The third-order valence-corrected chi connectivity index (χ3v) is 6.43. The summed E-state index contributed by atoms with van der Waals surface area (Å²) in [5.41, 5.74) is -0.274. The van der Waals surface area contributed by atoms with Crippen LogP contribution in [0.15, 0.2) is 18.2 Å². The van der Waals surface area contributed by atoms with Gasteiger partial charge in [0.2, 0.25) is 0 Å². The van der Waals surface area contributed by atoms with Crippen molar-refractivity contribution in [3.05, 3.63) is 28.2 Å². The van der Waals surface area contributed by atoms with Crippen LogP contribution in [0.3, 0.4) is 0 Å². The second-order valence-electron chi connectivity index (χ2n) is 8.26. The largest absolute Gasteiger partial charge is 0.381 e. The number of nitrogens with one attached hydrogen (secondary N) is 1. The van der Waals surface area contributed by atoms with Crippen molar-refractivity contribution in [2.24, 2.45) is 5.92 Å². The standard InChI is InChI=1S/C20H29Cl2N3O2/c1-20(2,27)19(26)23-15-12-14(13-15)6-7-24-8-10-25(11-9-24)17-5-3-4-16(21)18(17)22/h3-5,14-15,27H,6-13H2,1-2H3,(H,23,26).